The molecule has 1 amide bonds. The molecule has 0 radical (unpaired) electrons. The second-order valence-corrected chi connectivity index (χ2v) is 4.38. The summed E-state index contributed by atoms with van der Waals surface area (Å²) in [6.45, 7) is 4.02. The van der Waals surface area contributed by atoms with E-state index < -0.39 is 5.97 Å². The van der Waals surface area contributed by atoms with E-state index >= 15 is 0 Å². The number of hydrogen-bond donors (Lipinski definition) is 2. The molecule has 0 bridgehead atoms. The maximum Gasteiger partial charge on any atom is 0.360 e. The molecule has 0 spiro atoms. The van der Waals surface area contributed by atoms with Gasteiger partial charge in [0.15, 0.2) is 5.69 Å². The molecule has 19 heavy (non-hydrogen) atoms. The van der Waals surface area contributed by atoms with Gasteiger partial charge in [-0.05, 0) is 13.3 Å². The number of nitrogens with zero attached hydrogens (tertiary/aromatic N) is 2. The second kappa shape index (κ2) is 6.77. The highest BCUT2D eigenvalue weighted by molar-refractivity contribution is 5.92. The van der Waals surface area contributed by atoms with Crippen molar-refractivity contribution >= 4 is 17.6 Å². The number of amides is 1. The summed E-state index contributed by atoms with van der Waals surface area (Å²) in [4.78, 5) is 23.0. The van der Waals surface area contributed by atoms with Crippen molar-refractivity contribution in [2.45, 2.75) is 39.3 Å². The van der Waals surface area contributed by atoms with Crippen molar-refractivity contribution in [2.75, 3.05) is 12.8 Å². The molecule has 0 saturated heterocycles. The van der Waals surface area contributed by atoms with Crippen LogP contribution in [0.1, 0.15) is 37.2 Å². The number of methoxy groups -OCH3 is 1. The number of nitrogens with two attached hydrogens (primary N) is 1. The molecule has 1 aromatic heterocycles. The predicted molar refractivity (Wildman–Crippen MR) is 70.5 cm³/mol. The van der Waals surface area contributed by atoms with Crippen LogP contribution < -0.4 is 11.1 Å². The van der Waals surface area contributed by atoms with E-state index in [-0.39, 0.29) is 29.9 Å². The smallest absolute Gasteiger partial charge is 0.360 e. The van der Waals surface area contributed by atoms with E-state index in [4.69, 9.17) is 5.73 Å². The van der Waals surface area contributed by atoms with Gasteiger partial charge in [-0.25, -0.2) is 4.79 Å². The molecule has 7 heteroatoms. The van der Waals surface area contributed by atoms with Crippen LogP contribution in [0, 0.1) is 0 Å². The standard InChI is InChI=1S/C12H20N4O3/c1-4-5-8(2)14-10(17)7-16-6-9(13)11(15-16)12(18)19-3/h6,8H,4-5,7,13H2,1-3H3,(H,14,17). The molecular weight excluding hydrogens is 248 g/mol. The summed E-state index contributed by atoms with van der Waals surface area (Å²) < 4.78 is 5.87. The molecule has 1 rings (SSSR count). The van der Waals surface area contributed by atoms with Gasteiger partial charge in [0.05, 0.1) is 12.8 Å². The minimum absolute atomic E-state index is 0.0231. The number of carbonyl (C=O) groups excluding carboxylic acids is 2. The number of aromatic nitrogens is 2. The Balaban J connectivity index is 2.62. The predicted octanol–water partition coefficient (Wildman–Crippen LogP) is 0.557. The van der Waals surface area contributed by atoms with Gasteiger partial charge in [0.25, 0.3) is 0 Å². The molecule has 3 N–H and O–H groups in total. The van der Waals surface area contributed by atoms with Crippen molar-refractivity contribution in [1.29, 1.82) is 0 Å². The van der Waals surface area contributed by atoms with Crippen molar-refractivity contribution in [2.24, 2.45) is 0 Å². The molecule has 0 aliphatic rings. The highest BCUT2D eigenvalue weighted by atomic mass is 16.5. The molecular formula is C12H20N4O3. The van der Waals surface area contributed by atoms with Gasteiger partial charge in [-0.1, -0.05) is 13.3 Å². The Labute approximate surface area is 112 Å². The third-order valence-corrected chi connectivity index (χ3v) is 2.60. The minimum atomic E-state index is -0.615. The lowest BCUT2D eigenvalue weighted by atomic mass is 10.2. The molecule has 1 aromatic rings. The van der Waals surface area contributed by atoms with Gasteiger partial charge >= 0.3 is 5.97 Å². The first-order valence-electron chi connectivity index (χ1n) is 6.18. The van der Waals surface area contributed by atoms with E-state index in [0.717, 1.165) is 12.8 Å². The fourth-order valence-electron chi connectivity index (χ4n) is 1.75. The number of anilines is 1. The molecule has 1 atom stereocenters. The van der Waals surface area contributed by atoms with E-state index in [1.165, 1.54) is 18.0 Å². The van der Waals surface area contributed by atoms with Crippen LogP contribution in [-0.2, 0) is 16.1 Å². The highest BCUT2D eigenvalue weighted by Gasteiger charge is 2.16. The second-order valence-electron chi connectivity index (χ2n) is 4.38. The Morgan fingerprint density at radius 1 is 1.58 bits per heavy atom. The summed E-state index contributed by atoms with van der Waals surface area (Å²) in [6, 6.07) is 0.116. The third kappa shape index (κ3) is 4.27. The van der Waals surface area contributed by atoms with E-state index in [9.17, 15) is 9.59 Å². The van der Waals surface area contributed by atoms with Crippen LogP contribution >= 0.6 is 0 Å². The monoisotopic (exact) mass is 268 g/mol. The number of ether oxygens (including phenoxy) is 1. The van der Waals surface area contributed by atoms with Crippen molar-refractivity contribution < 1.29 is 14.3 Å². The first-order valence-corrected chi connectivity index (χ1v) is 6.18. The molecule has 7 nitrogen and oxygen atoms in total. The largest absolute Gasteiger partial charge is 0.464 e. The maximum atomic E-state index is 11.7. The lowest BCUT2D eigenvalue weighted by Crippen LogP contribution is -2.35. The normalized spacial score (nSPS) is 11.9. The lowest BCUT2D eigenvalue weighted by molar-refractivity contribution is -0.122. The summed E-state index contributed by atoms with van der Waals surface area (Å²) >= 11 is 0. The number of rotatable bonds is 6. The van der Waals surface area contributed by atoms with E-state index in [1.807, 2.05) is 6.92 Å². The van der Waals surface area contributed by atoms with Gasteiger partial charge in [0.1, 0.15) is 6.54 Å². The summed E-state index contributed by atoms with van der Waals surface area (Å²) in [7, 11) is 1.25. The molecule has 0 aliphatic heterocycles. The number of esters is 1. The fraction of sp³-hybridized carbons (Fsp3) is 0.583. The van der Waals surface area contributed by atoms with Crippen LogP contribution in [0.15, 0.2) is 6.20 Å². The van der Waals surface area contributed by atoms with Gasteiger partial charge in [0.2, 0.25) is 5.91 Å². The average Bonchev–Trinajstić information content (AvgIpc) is 2.69. The van der Waals surface area contributed by atoms with Crippen LogP contribution in [0.5, 0.6) is 0 Å². The summed E-state index contributed by atoms with van der Waals surface area (Å²) in [5.74, 6) is -0.782. The molecule has 1 unspecified atom stereocenters. The van der Waals surface area contributed by atoms with Crippen LogP contribution in [0.4, 0.5) is 5.69 Å². The Morgan fingerprint density at radius 3 is 2.84 bits per heavy atom. The average molecular weight is 268 g/mol. The number of nitrogen functional groups attached to an aromatic ring is 1. The van der Waals surface area contributed by atoms with Crippen LogP contribution in [0.2, 0.25) is 0 Å². The van der Waals surface area contributed by atoms with Gasteiger partial charge in [-0.3, -0.25) is 9.48 Å². The van der Waals surface area contributed by atoms with Gasteiger partial charge < -0.3 is 15.8 Å². The molecule has 0 fully saturated rings. The topological polar surface area (TPSA) is 99.2 Å². The molecule has 0 aliphatic carbocycles. The first kappa shape index (κ1) is 15.0. The highest BCUT2D eigenvalue weighted by Crippen LogP contribution is 2.10. The lowest BCUT2D eigenvalue weighted by Gasteiger charge is -2.12. The minimum Gasteiger partial charge on any atom is -0.464 e. The molecule has 1 heterocycles. The van der Waals surface area contributed by atoms with Crippen molar-refractivity contribution in [3.05, 3.63) is 11.9 Å². The van der Waals surface area contributed by atoms with E-state index in [1.54, 1.807) is 0 Å². The zero-order valence-corrected chi connectivity index (χ0v) is 11.5. The van der Waals surface area contributed by atoms with Gasteiger partial charge in [-0.15, -0.1) is 0 Å². The quantitative estimate of drug-likeness (QED) is 0.734. The Morgan fingerprint density at radius 2 is 2.26 bits per heavy atom. The molecule has 0 saturated carbocycles. The molecule has 106 valence electrons. The summed E-state index contributed by atoms with van der Waals surface area (Å²) in [5.41, 5.74) is 5.85. The SMILES string of the molecule is CCCC(C)NC(=O)Cn1cc(N)c(C(=O)OC)n1. The first-order chi connectivity index (χ1) is 8.97. The van der Waals surface area contributed by atoms with Crippen LogP contribution in [-0.4, -0.2) is 34.8 Å². The van der Waals surface area contributed by atoms with E-state index in [0.29, 0.717) is 0 Å². The zero-order chi connectivity index (χ0) is 14.4. The van der Waals surface area contributed by atoms with Crippen molar-refractivity contribution in [3.63, 3.8) is 0 Å². The summed E-state index contributed by atoms with van der Waals surface area (Å²) in [5, 5.41) is 6.77. The Kier molecular flexibility index (Phi) is 5.35. The Bertz CT molecular complexity index is 456. The van der Waals surface area contributed by atoms with Crippen LogP contribution in [0.3, 0.4) is 0 Å². The molecule has 0 aromatic carbocycles. The van der Waals surface area contributed by atoms with Crippen molar-refractivity contribution in [3.8, 4) is 0 Å². The number of carbonyl (C=O) groups is 2. The van der Waals surface area contributed by atoms with Crippen molar-refractivity contribution in [1.82, 2.24) is 15.1 Å². The number of hydrogen-bond acceptors (Lipinski definition) is 5. The van der Waals surface area contributed by atoms with Gasteiger partial charge in [-0.2, -0.15) is 5.10 Å². The number of nitrogens with one attached hydrogen (secondary N) is 1. The van der Waals surface area contributed by atoms with E-state index in [2.05, 4.69) is 22.1 Å². The fourth-order valence-corrected chi connectivity index (χ4v) is 1.75. The third-order valence-electron chi connectivity index (χ3n) is 2.60. The van der Waals surface area contributed by atoms with Crippen LogP contribution in [0.25, 0.3) is 0 Å². The Hall–Kier alpha value is -2.05. The van der Waals surface area contributed by atoms with Gasteiger partial charge in [0, 0.05) is 12.2 Å². The summed E-state index contributed by atoms with van der Waals surface area (Å²) in [6.07, 6.45) is 3.36. The maximum absolute atomic E-state index is 11.7. The zero-order valence-electron chi connectivity index (χ0n) is 11.5.